The van der Waals surface area contributed by atoms with Gasteiger partial charge in [0.05, 0.1) is 19.3 Å². The van der Waals surface area contributed by atoms with Crippen molar-refractivity contribution in [3.05, 3.63) is 45.1 Å². The fourth-order valence-corrected chi connectivity index (χ4v) is 3.24. The Hall–Kier alpha value is -1.99. The van der Waals surface area contributed by atoms with Gasteiger partial charge < -0.3 is 18.9 Å². The molecule has 0 fully saturated rings. The summed E-state index contributed by atoms with van der Waals surface area (Å²) in [5.41, 5.74) is 1.06. The Bertz CT molecular complexity index is 798. The highest BCUT2D eigenvalue weighted by Crippen LogP contribution is 2.41. The summed E-state index contributed by atoms with van der Waals surface area (Å²) in [5.74, 6) is -1.06. The van der Waals surface area contributed by atoms with Gasteiger partial charge in [0.15, 0.2) is 6.10 Å². The number of carbonyl (C=O) groups is 2. The van der Waals surface area contributed by atoms with Crippen molar-refractivity contribution in [3.63, 3.8) is 0 Å². The van der Waals surface area contributed by atoms with Crippen LogP contribution < -0.4 is 4.74 Å². The Balaban J connectivity index is 2.11. The van der Waals surface area contributed by atoms with Crippen LogP contribution in [0.15, 0.2) is 39.6 Å². The van der Waals surface area contributed by atoms with E-state index in [1.54, 1.807) is 12.1 Å². The molecule has 3 rings (SSSR count). The summed E-state index contributed by atoms with van der Waals surface area (Å²) in [4.78, 5) is 24.1. The van der Waals surface area contributed by atoms with Crippen molar-refractivity contribution in [1.82, 2.24) is 0 Å². The predicted molar refractivity (Wildman–Crippen MR) is 88.3 cm³/mol. The highest BCUT2D eigenvalue weighted by Gasteiger charge is 2.44. The predicted octanol–water partition coefficient (Wildman–Crippen LogP) is 2.79. The second-order valence-electron chi connectivity index (χ2n) is 4.99. The smallest absolute Gasteiger partial charge is 0.375 e. The third-order valence-corrected chi connectivity index (χ3v) is 4.63. The highest BCUT2D eigenvalue weighted by molar-refractivity contribution is 9.10. The zero-order valence-electron chi connectivity index (χ0n) is 12.7. The maximum absolute atomic E-state index is 12.1. The van der Waals surface area contributed by atoms with Crippen molar-refractivity contribution in [3.8, 4) is 5.75 Å². The average molecular weight is 416 g/mol. The second-order valence-corrected chi connectivity index (χ2v) is 6.29. The molecule has 2 aliphatic heterocycles. The Labute approximate surface area is 151 Å². The molecule has 0 aliphatic carbocycles. The lowest BCUT2D eigenvalue weighted by Gasteiger charge is -2.24. The van der Waals surface area contributed by atoms with Crippen molar-refractivity contribution in [2.45, 2.75) is 6.10 Å². The van der Waals surface area contributed by atoms with Crippen molar-refractivity contribution < 1.29 is 28.5 Å². The van der Waals surface area contributed by atoms with Crippen molar-refractivity contribution in [1.29, 1.82) is 0 Å². The lowest BCUT2D eigenvalue weighted by Crippen LogP contribution is -2.26. The van der Waals surface area contributed by atoms with Gasteiger partial charge in [0.1, 0.15) is 17.9 Å². The van der Waals surface area contributed by atoms with Gasteiger partial charge in [-0.3, -0.25) is 0 Å². The van der Waals surface area contributed by atoms with Crippen molar-refractivity contribution in [2.75, 3.05) is 20.8 Å². The van der Waals surface area contributed by atoms with E-state index in [1.165, 1.54) is 14.2 Å². The number of benzene rings is 1. The molecule has 1 unspecified atom stereocenters. The lowest BCUT2D eigenvalue weighted by molar-refractivity contribution is -0.141. The van der Waals surface area contributed by atoms with Crippen LogP contribution in [0.1, 0.15) is 5.56 Å². The molecule has 126 valence electrons. The second kappa shape index (κ2) is 6.49. The average Bonchev–Trinajstić information content (AvgIpc) is 2.91. The van der Waals surface area contributed by atoms with Crippen molar-refractivity contribution in [2.24, 2.45) is 0 Å². The third kappa shape index (κ3) is 2.67. The van der Waals surface area contributed by atoms with Gasteiger partial charge in [-0.25, -0.2) is 9.59 Å². The Morgan fingerprint density at radius 3 is 2.79 bits per heavy atom. The maximum atomic E-state index is 12.1. The summed E-state index contributed by atoms with van der Waals surface area (Å²) in [7, 11) is 2.49. The first-order valence-corrected chi connectivity index (χ1v) is 8.03. The molecule has 6 nitrogen and oxygen atoms in total. The zero-order chi connectivity index (χ0) is 17.4. The summed E-state index contributed by atoms with van der Waals surface area (Å²) >= 11 is 9.86. The van der Waals surface area contributed by atoms with E-state index in [1.807, 2.05) is 6.07 Å². The molecule has 0 spiro atoms. The van der Waals surface area contributed by atoms with Gasteiger partial charge >= 0.3 is 11.9 Å². The first kappa shape index (κ1) is 16.9. The van der Waals surface area contributed by atoms with Crippen LogP contribution in [0.3, 0.4) is 0 Å². The van der Waals surface area contributed by atoms with Crippen molar-refractivity contribution >= 4 is 44.5 Å². The molecule has 2 aliphatic rings. The van der Waals surface area contributed by atoms with E-state index in [2.05, 4.69) is 15.9 Å². The van der Waals surface area contributed by atoms with E-state index in [0.717, 1.165) is 4.47 Å². The normalized spacial score (nSPS) is 19.7. The van der Waals surface area contributed by atoms with Gasteiger partial charge in [0, 0.05) is 15.6 Å². The minimum absolute atomic E-state index is 0.0276. The molecular formula is C16H12BrClO6. The number of fused-ring (bicyclic) bond motifs is 1. The topological polar surface area (TPSA) is 71.1 Å². The number of halogens is 2. The van der Waals surface area contributed by atoms with Crippen LogP contribution in [-0.4, -0.2) is 38.9 Å². The molecule has 1 atom stereocenters. The number of hydrogen-bond donors (Lipinski definition) is 0. The Morgan fingerprint density at radius 1 is 1.38 bits per heavy atom. The Kier molecular flexibility index (Phi) is 4.56. The van der Waals surface area contributed by atoms with Gasteiger partial charge in [-0.2, -0.15) is 0 Å². The first-order chi connectivity index (χ1) is 11.5. The summed E-state index contributed by atoms with van der Waals surface area (Å²) in [6.07, 6.45) is -1.01. The number of esters is 2. The van der Waals surface area contributed by atoms with Crippen LogP contribution in [-0.2, 0) is 23.8 Å². The fraction of sp³-hybridized carbons (Fsp3) is 0.250. The monoisotopic (exact) mass is 414 g/mol. The number of rotatable bonds is 3. The number of hydrogen-bond acceptors (Lipinski definition) is 6. The minimum Gasteiger partial charge on any atom is -0.489 e. The van der Waals surface area contributed by atoms with Gasteiger partial charge in [-0.05, 0) is 18.2 Å². The van der Waals surface area contributed by atoms with E-state index in [4.69, 9.17) is 30.5 Å². The molecule has 0 amide bonds. The molecule has 0 saturated heterocycles. The minimum atomic E-state index is -1.01. The van der Waals surface area contributed by atoms with Gasteiger partial charge in [0.2, 0.25) is 5.76 Å². The third-order valence-electron chi connectivity index (χ3n) is 3.69. The molecule has 8 heteroatoms. The largest absolute Gasteiger partial charge is 0.489 e. The van der Waals surface area contributed by atoms with E-state index in [9.17, 15) is 9.59 Å². The van der Waals surface area contributed by atoms with Crippen LogP contribution in [0.2, 0.25) is 0 Å². The number of cyclic esters (lactones) is 1. The maximum Gasteiger partial charge on any atom is 0.375 e. The van der Waals surface area contributed by atoms with Crippen LogP contribution >= 0.6 is 27.5 Å². The first-order valence-electron chi connectivity index (χ1n) is 6.86. The standard InChI is InChI=1S/C16H12BrClO6/c1-21-14-11(15(19)22-2)13(24-16(14)20)9-6-23-10-4-3-7(17)5-8(10)12(9)18/h3-5,13H,6H2,1-2H3. The van der Waals surface area contributed by atoms with E-state index in [0.29, 0.717) is 21.9 Å². The molecule has 2 heterocycles. The molecule has 0 bridgehead atoms. The summed E-state index contributed by atoms with van der Waals surface area (Å²) in [6.45, 7) is 0.0723. The molecule has 24 heavy (non-hydrogen) atoms. The molecule has 0 N–H and O–H groups in total. The van der Waals surface area contributed by atoms with E-state index >= 15 is 0 Å². The van der Waals surface area contributed by atoms with Gasteiger partial charge in [-0.1, -0.05) is 27.5 Å². The summed E-state index contributed by atoms with van der Waals surface area (Å²) < 4.78 is 21.5. The van der Waals surface area contributed by atoms with E-state index < -0.39 is 18.0 Å². The van der Waals surface area contributed by atoms with Crippen LogP contribution in [0.25, 0.3) is 5.03 Å². The van der Waals surface area contributed by atoms with Gasteiger partial charge in [0.25, 0.3) is 0 Å². The fourth-order valence-electron chi connectivity index (χ4n) is 2.58. The number of carbonyl (C=O) groups excluding carboxylic acids is 2. The van der Waals surface area contributed by atoms with Crippen LogP contribution in [0.4, 0.5) is 0 Å². The molecule has 1 aromatic carbocycles. The molecule has 1 aromatic rings. The Morgan fingerprint density at radius 2 is 2.12 bits per heavy atom. The summed E-state index contributed by atoms with van der Waals surface area (Å²) in [6, 6.07) is 5.38. The zero-order valence-corrected chi connectivity index (χ0v) is 15.1. The number of ether oxygens (including phenoxy) is 4. The molecule has 0 radical (unpaired) electrons. The lowest BCUT2D eigenvalue weighted by atomic mass is 9.98. The molecule has 0 aromatic heterocycles. The number of methoxy groups -OCH3 is 2. The quantitative estimate of drug-likeness (QED) is 0.707. The summed E-state index contributed by atoms with van der Waals surface area (Å²) in [5, 5.41) is 0.356. The molecular weight excluding hydrogens is 404 g/mol. The SMILES string of the molecule is COC(=O)C1=C(OC)C(=O)OC1C1=C(Cl)c2cc(Br)ccc2OC1. The van der Waals surface area contributed by atoms with Gasteiger partial charge in [-0.15, -0.1) is 0 Å². The highest BCUT2D eigenvalue weighted by atomic mass is 79.9. The molecule has 0 saturated carbocycles. The van der Waals surface area contributed by atoms with Crippen LogP contribution in [0, 0.1) is 0 Å². The van der Waals surface area contributed by atoms with Crippen LogP contribution in [0.5, 0.6) is 5.75 Å². The van der Waals surface area contributed by atoms with E-state index in [-0.39, 0.29) is 17.9 Å².